The van der Waals surface area contributed by atoms with Gasteiger partial charge < -0.3 is 0 Å². The molecule has 0 fully saturated rings. The predicted octanol–water partition coefficient (Wildman–Crippen LogP) is 4.84. The molecule has 0 aliphatic heterocycles. The normalized spacial score (nSPS) is 20.4. The fourth-order valence-corrected chi connectivity index (χ4v) is 3.03. The summed E-state index contributed by atoms with van der Waals surface area (Å²) in [5.74, 6) is 0.555. The summed E-state index contributed by atoms with van der Waals surface area (Å²) >= 11 is 0. The Morgan fingerprint density at radius 1 is 0.944 bits per heavy atom. The zero-order valence-electron chi connectivity index (χ0n) is 10.1. The van der Waals surface area contributed by atoms with Crippen molar-refractivity contribution in [2.75, 3.05) is 0 Å². The van der Waals surface area contributed by atoms with E-state index in [-0.39, 0.29) is 0 Å². The molecule has 18 heavy (non-hydrogen) atoms. The van der Waals surface area contributed by atoms with Gasteiger partial charge in [0.05, 0.1) is 0 Å². The van der Waals surface area contributed by atoms with Crippen LogP contribution in [0, 0.1) is 0 Å². The van der Waals surface area contributed by atoms with Gasteiger partial charge in [-0.15, -0.1) is 0 Å². The van der Waals surface area contributed by atoms with E-state index in [0.29, 0.717) is 5.92 Å². The Morgan fingerprint density at radius 3 is 2.67 bits per heavy atom. The molecule has 4 rings (SSSR count). The Hall–Kier alpha value is -2.08. The van der Waals surface area contributed by atoms with Crippen molar-refractivity contribution in [1.82, 2.24) is 0 Å². The van der Waals surface area contributed by atoms with Gasteiger partial charge in [0.1, 0.15) is 0 Å². The molecule has 0 aromatic heterocycles. The zero-order chi connectivity index (χ0) is 11.9. The van der Waals surface area contributed by atoms with E-state index in [1.165, 1.54) is 27.5 Å². The van der Waals surface area contributed by atoms with E-state index in [0.717, 1.165) is 6.42 Å². The lowest BCUT2D eigenvalue weighted by molar-refractivity contribution is 0.812. The molecular formula is C18H14. The second kappa shape index (κ2) is 3.71. The summed E-state index contributed by atoms with van der Waals surface area (Å²) in [6.07, 6.45) is 12.3. The standard InChI is InChI=1S/C18H14/c1-2-7-15-12-18-16(11-14(15)6-1)10-9-13-5-3-4-8-17(13)18/h1-7,9-12,17H,8H2. The second-order valence-electron chi connectivity index (χ2n) is 5.04. The molecule has 0 amide bonds. The van der Waals surface area contributed by atoms with Crippen molar-refractivity contribution < 1.29 is 0 Å². The summed E-state index contributed by atoms with van der Waals surface area (Å²) in [5, 5.41) is 2.68. The van der Waals surface area contributed by atoms with Gasteiger partial charge in [-0.1, -0.05) is 54.6 Å². The minimum absolute atomic E-state index is 0.555. The molecule has 1 unspecified atom stereocenters. The van der Waals surface area contributed by atoms with Crippen LogP contribution >= 0.6 is 0 Å². The van der Waals surface area contributed by atoms with Gasteiger partial charge in [-0.25, -0.2) is 0 Å². The summed E-state index contributed by atoms with van der Waals surface area (Å²) in [6, 6.07) is 13.3. The summed E-state index contributed by atoms with van der Waals surface area (Å²) in [6.45, 7) is 0. The maximum Gasteiger partial charge on any atom is 0.0130 e. The average molecular weight is 230 g/mol. The third-order valence-corrected chi connectivity index (χ3v) is 3.98. The molecular weight excluding hydrogens is 216 g/mol. The van der Waals surface area contributed by atoms with Crippen LogP contribution in [0.15, 0.2) is 66.3 Å². The number of benzene rings is 2. The molecule has 1 atom stereocenters. The van der Waals surface area contributed by atoms with E-state index < -0.39 is 0 Å². The first-order valence-corrected chi connectivity index (χ1v) is 6.49. The molecule has 0 spiro atoms. The summed E-state index contributed by atoms with van der Waals surface area (Å²) < 4.78 is 0. The van der Waals surface area contributed by atoms with Crippen LogP contribution in [0.25, 0.3) is 16.8 Å². The molecule has 0 heterocycles. The van der Waals surface area contributed by atoms with Gasteiger partial charge in [-0.05, 0) is 46.0 Å². The third kappa shape index (κ3) is 1.39. The maximum atomic E-state index is 2.37. The number of hydrogen-bond donors (Lipinski definition) is 0. The Balaban J connectivity index is 1.99. The molecule has 0 bridgehead atoms. The number of hydrogen-bond acceptors (Lipinski definition) is 0. The molecule has 2 aliphatic carbocycles. The van der Waals surface area contributed by atoms with E-state index in [2.05, 4.69) is 66.8 Å². The van der Waals surface area contributed by atoms with Gasteiger partial charge in [-0.3, -0.25) is 0 Å². The van der Waals surface area contributed by atoms with Crippen molar-refractivity contribution in [3.05, 3.63) is 77.4 Å². The molecule has 2 aromatic rings. The van der Waals surface area contributed by atoms with Gasteiger partial charge in [-0.2, -0.15) is 0 Å². The lowest BCUT2D eigenvalue weighted by Crippen LogP contribution is -2.08. The van der Waals surface area contributed by atoms with Crippen LogP contribution in [-0.4, -0.2) is 0 Å². The highest BCUT2D eigenvalue weighted by molar-refractivity contribution is 5.87. The van der Waals surface area contributed by atoms with Gasteiger partial charge >= 0.3 is 0 Å². The lowest BCUT2D eigenvalue weighted by Gasteiger charge is -2.26. The highest BCUT2D eigenvalue weighted by Crippen LogP contribution is 2.39. The van der Waals surface area contributed by atoms with Gasteiger partial charge in [0, 0.05) is 5.92 Å². The highest BCUT2D eigenvalue weighted by atomic mass is 14.2. The van der Waals surface area contributed by atoms with E-state index >= 15 is 0 Å². The van der Waals surface area contributed by atoms with Crippen LogP contribution in [0.4, 0.5) is 0 Å². The minimum Gasteiger partial charge on any atom is -0.0836 e. The largest absolute Gasteiger partial charge is 0.0836 e. The van der Waals surface area contributed by atoms with Crippen molar-refractivity contribution in [1.29, 1.82) is 0 Å². The average Bonchev–Trinajstić information content (AvgIpc) is 2.45. The van der Waals surface area contributed by atoms with Crippen LogP contribution in [0.2, 0.25) is 0 Å². The first-order chi connectivity index (χ1) is 8.92. The van der Waals surface area contributed by atoms with Crippen LogP contribution in [0.5, 0.6) is 0 Å². The fourth-order valence-electron chi connectivity index (χ4n) is 3.03. The van der Waals surface area contributed by atoms with Crippen molar-refractivity contribution in [2.45, 2.75) is 12.3 Å². The first-order valence-electron chi connectivity index (χ1n) is 6.49. The number of allylic oxidation sites excluding steroid dienone is 5. The highest BCUT2D eigenvalue weighted by Gasteiger charge is 2.21. The minimum atomic E-state index is 0.555. The lowest BCUT2D eigenvalue weighted by atomic mass is 9.78. The van der Waals surface area contributed by atoms with Gasteiger partial charge in [0.2, 0.25) is 0 Å². The molecule has 86 valence electrons. The molecule has 0 saturated carbocycles. The Morgan fingerprint density at radius 2 is 1.78 bits per heavy atom. The van der Waals surface area contributed by atoms with E-state index in [1.807, 2.05) is 0 Å². The van der Waals surface area contributed by atoms with Crippen LogP contribution in [0.3, 0.4) is 0 Å². The van der Waals surface area contributed by atoms with E-state index in [4.69, 9.17) is 0 Å². The zero-order valence-corrected chi connectivity index (χ0v) is 10.1. The molecule has 2 aromatic carbocycles. The van der Waals surface area contributed by atoms with Crippen molar-refractivity contribution in [2.24, 2.45) is 0 Å². The smallest absolute Gasteiger partial charge is 0.0130 e. The van der Waals surface area contributed by atoms with E-state index in [1.54, 1.807) is 0 Å². The molecule has 0 nitrogen and oxygen atoms in total. The van der Waals surface area contributed by atoms with Crippen LogP contribution < -0.4 is 0 Å². The fraction of sp³-hybridized carbons (Fsp3) is 0.111. The molecule has 0 radical (unpaired) electrons. The molecule has 0 saturated heterocycles. The van der Waals surface area contributed by atoms with Gasteiger partial charge in [0.15, 0.2) is 0 Å². The van der Waals surface area contributed by atoms with Crippen molar-refractivity contribution >= 4 is 16.8 Å². The predicted molar refractivity (Wildman–Crippen MR) is 77.6 cm³/mol. The number of rotatable bonds is 0. The topological polar surface area (TPSA) is 0 Å². The Labute approximate surface area is 107 Å². The van der Waals surface area contributed by atoms with Crippen molar-refractivity contribution in [3.8, 4) is 0 Å². The maximum absolute atomic E-state index is 2.37. The summed E-state index contributed by atoms with van der Waals surface area (Å²) in [7, 11) is 0. The van der Waals surface area contributed by atoms with Crippen molar-refractivity contribution in [3.63, 3.8) is 0 Å². The SMILES string of the molecule is C1=CCC2C(=C1)C=Cc1cc3ccccc3cc12. The third-order valence-electron chi connectivity index (χ3n) is 3.98. The quantitative estimate of drug-likeness (QED) is 0.607. The van der Waals surface area contributed by atoms with Crippen LogP contribution in [0.1, 0.15) is 23.5 Å². The van der Waals surface area contributed by atoms with Gasteiger partial charge in [0.25, 0.3) is 0 Å². The second-order valence-corrected chi connectivity index (χ2v) is 5.04. The molecule has 0 N–H and O–H groups in total. The van der Waals surface area contributed by atoms with E-state index in [9.17, 15) is 0 Å². The first kappa shape index (κ1) is 9.90. The van der Waals surface area contributed by atoms with Crippen LogP contribution in [-0.2, 0) is 0 Å². The number of fused-ring (bicyclic) bond motifs is 4. The summed E-state index contributed by atoms with van der Waals surface area (Å²) in [4.78, 5) is 0. The molecule has 0 heteroatoms. The molecule has 2 aliphatic rings. The Bertz CT molecular complexity index is 714. The Kier molecular flexibility index (Phi) is 2.04. The monoisotopic (exact) mass is 230 g/mol. The summed E-state index contributed by atoms with van der Waals surface area (Å²) in [5.41, 5.74) is 4.30.